The number of phosphoric acid groups is 2. The Morgan fingerprint density at radius 2 is 0.461 bits per heavy atom. The molecule has 0 aromatic heterocycles. The zero-order chi connectivity index (χ0) is 83.6. The number of carbonyl (C=O) groups excluding carboxylic acids is 3. The van der Waals surface area contributed by atoms with Crippen LogP contribution in [0.3, 0.4) is 0 Å². The van der Waals surface area contributed by atoms with E-state index in [9.17, 15) is 43.5 Å². The second kappa shape index (κ2) is 87.9. The summed E-state index contributed by atoms with van der Waals surface area (Å²) in [6, 6.07) is 0. The van der Waals surface area contributed by atoms with E-state index in [1.807, 2.05) is 0 Å². The van der Waals surface area contributed by atoms with Crippen molar-refractivity contribution in [3.63, 3.8) is 0 Å². The molecule has 0 bridgehead atoms. The molecule has 0 saturated carbocycles. The van der Waals surface area contributed by atoms with Gasteiger partial charge in [-0.2, -0.15) is 0 Å². The monoisotopic (exact) mass is 1650 g/mol. The molecule has 0 aliphatic heterocycles. The molecule has 0 aliphatic carbocycles. The summed E-state index contributed by atoms with van der Waals surface area (Å²) in [6.07, 6.45) is 115. The number of unbranched alkanes of at least 4 members (excludes halogenated alkanes) is 31. The smallest absolute Gasteiger partial charge is 0.463 e. The Kier molecular flexibility index (Phi) is 83.9. The molecule has 18 heteroatoms. The number of ether oxygens (including phenoxy) is 3. The fourth-order valence-electron chi connectivity index (χ4n) is 11.8. The van der Waals surface area contributed by atoms with Crippen molar-refractivity contribution in [2.24, 2.45) is 0 Å². The van der Waals surface area contributed by atoms with Crippen molar-refractivity contribution in [3.05, 3.63) is 182 Å². The Balaban J connectivity index is 4.64. The van der Waals surface area contributed by atoms with Gasteiger partial charge in [0.1, 0.15) is 25.4 Å². The lowest BCUT2D eigenvalue weighted by molar-refractivity contribution is -0.161. The first kappa shape index (κ1) is 110. The van der Waals surface area contributed by atoms with Crippen molar-refractivity contribution in [1.82, 2.24) is 0 Å². The Hall–Kier alpha value is -5.35. The highest BCUT2D eigenvalue weighted by atomic mass is 31.2. The number of carbonyl (C=O) groups is 3. The zero-order valence-corrected chi connectivity index (χ0v) is 73.9. The molecular formula is C97H162O16P2. The number of hydrogen-bond acceptors (Lipinski definition) is 14. The molecular weight excluding hydrogens is 1480 g/mol. The van der Waals surface area contributed by atoms with Gasteiger partial charge in [-0.1, -0.05) is 357 Å². The predicted molar refractivity (Wildman–Crippen MR) is 481 cm³/mol. The van der Waals surface area contributed by atoms with Crippen LogP contribution in [0.25, 0.3) is 0 Å². The van der Waals surface area contributed by atoms with Crippen molar-refractivity contribution in [2.45, 2.75) is 373 Å². The Bertz CT molecular complexity index is 2820. The first-order valence-corrected chi connectivity index (χ1v) is 48.1. The Labute approximate surface area is 700 Å². The molecule has 115 heavy (non-hydrogen) atoms. The first-order chi connectivity index (χ1) is 56.2. The van der Waals surface area contributed by atoms with Gasteiger partial charge in [-0.25, -0.2) is 9.13 Å². The van der Waals surface area contributed by atoms with Crippen molar-refractivity contribution in [3.8, 4) is 0 Å². The second-order valence-electron chi connectivity index (χ2n) is 29.6. The maximum atomic E-state index is 13.1. The summed E-state index contributed by atoms with van der Waals surface area (Å²) in [6.45, 7) is 2.42. The van der Waals surface area contributed by atoms with Crippen molar-refractivity contribution >= 4 is 33.6 Å². The van der Waals surface area contributed by atoms with Gasteiger partial charge < -0.3 is 34.2 Å². The molecule has 16 nitrogen and oxygen atoms in total. The molecule has 0 saturated heterocycles. The second-order valence-corrected chi connectivity index (χ2v) is 32.5. The molecule has 0 aliphatic rings. The van der Waals surface area contributed by atoms with Gasteiger partial charge in [-0.05, 0) is 161 Å². The SMILES string of the molecule is CC/C=C\C/C=C\C/C=C\C/C=C\C/C=C\C/C=C\CCCCCCCCC(=O)OCC(COP(=O)(O)OCC(O)COP(=O)(O)OCC(O)COC(=O)CCCCCCCCCCCCCCCCC/C=C\C/C=C\C/C=C\C/C=C\CCCCC)OC(=O)CCCCCCCCC/C=C\C/C=C\C/C=C\C/C=C\C/C=C\CC. The largest absolute Gasteiger partial charge is 0.472 e. The van der Waals surface area contributed by atoms with Gasteiger partial charge in [0.15, 0.2) is 6.10 Å². The van der Waals surface area contributed by atoms with E-state index in [0.717, 1.165) is 193 Å². The molecule has 5 atom stereocenters. The van der Waals surface area contributed by atoms with Gasteiger partial charge in [0, 0.05) is 19.3 Å². The number of esters is 3. The summed E-state index contributed by atoms with van der Waals surface area (Å²) in [7, 11) is -9.82. The number of hydrogen-bond donors (Lipinski definition) is 4. The molecule has 0 radical (unpaired) electrons. The minimum atomic E-state index is -4.95. The van der Waals surface area contributed by atoms with Crippen LogP contribution in [-0.4, -0.2) is 95.9 Å². The minimum absolute atomic E-state index is 0.0811. The number of aliphatic hydroxyl groups is 2. The van der Waals surface area contributed by atoms with E-state index in [4.69, 9.17) is 32.3 Å². The third-order valence-electron chi connectivity index (χ3n) is 18.6. The summed E-state index contributed by atoms with van der Waals surface area (Å²) >= 11 is 0. The van der Waals surface area contributed by atoms with Crippen molar-refractivity contribution in [2.75, 3.05) is 39.6 Å². The van der Waals surface area contributed by atoms with Crippen LogP contribution in [0.15, 0.2) is 182 Å². The van der Waals surface area contributed by atoms with Crippen LogP contribution in [-0.2, 0) is 55.8 Å². The van der Waals surface area contributed by atoms with Gasteiger partial charge in [-0.15, -0.1) is 0 Å². The fourth-order valence-corrected chi connectivity index (χ4v) is 13.4. The minimum Gasteiger partial charge on any atom is -0.463 e. The van der Waals surface area contributed by atoms with Crippen LogP contribution in [0.2, 0.25) is 0 Å². The Morgan fingerprint density at radius 1 is 0.252 bits per heavy atom. The molecule has 4 N–H and O–H groups in total. The van der Waals surface area contributed by atoms with Crippen molar-refractivity contribution in [1.29, 1.82) is 0 Å². The van der Waals surface area contributed by atoms with E-state index < -0.39 is 91.5 Å². The summed E-state index contributed by atoms with van der Waals surface area (Å²) in [5.41, 5.74) is 0. The van der Waals surface area contributed by atoms with E-state index in [2.05, 4.69) is 203 Å². The maximum Gasteiger partial charge on any atom is 0.472 e. The van der Waals surface area contributed by atoms with Crippen LogP contribution in [0.1, 0.15) is 355 Å². The summed E-state index contributed by atoms with van der Waals surface area (Å²) in [4.78, 5) is 59.0. The molecule has 0 spiro atoms. The quantitative estimate of drug-likeness (QED) is 0.0146. The van der Waals surface area contributed by atoms with Crippen LogP contribution < -0.4 is 0 Å². The van der Waals surface area contributed by atoms with Crippen LogP contribution in [0, 0.1) is 0 Å². The maximum absolute atomic E-state index is 13.1. The lowest BCUT2D eigenvalue weighted by atomic mass is 10.0. The average Bonchev–Trinajstić information content (AvgIpc) is 0.900. The van der Waals surface area contributed by atoms with Gasteiger partial charge in [0.2, 0.25) is 0 Å². The molecule has 0 rings (SSSR count). The molecule has 0 aromatic rings. The molecule has 0 fully saturated rings. The standard InChI is InChI=1S/C97H162O16P2/c1-4-7-10-13-16-19-22-25-28-31-34-37-40-42-43-44-45-46-47-49-52-53-56-59-62-65-68-71-74-77-80-83-95(100)107-86-92(98)87-109-114(103,104)110-88-93(99)89-111-115(105,106)112-91-94(113-97(102)85-82-79-76-73-70-67-64-61-58-55-50-39-36-33-30-27-24-21-18-15-12-9-6-3)90-108-96(101)84-81-78-75-72-69-66-63-60-57-54-51-48-41-38-35-32-29-26-23-20-17-14-11-8-5-2/h8-9,11-12,16-21,25-30,34-39,42-43,48,51,55,57-58,60,92-94,98-99H,4-7,10,13-15,22-24,31-33,40-41,44-47,49-50,52-54,56,59,61-91H2,1-3H3,(H,103,104)(H,105,106)/b11-8-,12-9-,19-16-,20-17-,21-18-,28-25-,29-26-,30-27-,37-34-,38-35-,39-36-,43-42-,51-48-,58-55-,60-57-. The Morgan fingerprint density at radius 3 is 0.730 bits per heavy atom. The predicted octanol–water partition coefficient (Wildman–Crippen LogP) is 27.7. The molecule has 5 unspecified atom stereocenters. The third-order valence-corrected chi connectivity index (χ3v) is 20.5. The van der Waals surface area contributed by atoms with E-state index >= 15 is 0 Å². The number of phosphoric ester groups is 2. The highest BCUT2D eigenvalue weighted by Crippen LogP contribution is 2.45. The number of rotatable bonds is 84. The molecule has 0 amide bonds. The molecule has 0 aromatic carbocycles. The highest BCUT2D eigenvalue weighted by Gasteiger charge is 2.29. The third kappa shape index (κ3) is 89.3. The van der Waals surface area contributed by atoms with Crippen LogP contribution in [0.5, 0.6) is 0 Å². The van der Waals surface area contributed by atoms with Crippen LogP contribution in [0.4, 0.5) is 0 Å². The van der Waals surface area contributed by atoms with Gasteiger partial charge in [0.25, 0.3) is 0 Å². The first-order valence-electron chi connectivity index (χ1n) is 45.1. The van der Waals surface area contributed by atoms with E-state index in [-0.39, 0.29) is 19.3 Å². The van der Waals surface area contributed by atoms with Gasteiger partial charge >= 0.3 is 33.6 Å². The zero-order valence-electron chi connectivity index (χ0n) is 72.1. The molecule has 656 valence electrons. The lowest BCUT2D eigenvalue weighted by Gasteiger charge is -2.21. The number of aliphatic hydroxyl groups excluding tert-OH is 2. The van der Waals surface area contributed by atoms with Gasteiger partial charge in [0.05, 0.1) is 26.4 Å². The van der Waals surface area contributed by atoms with E-state index in [1.54, 1.807) is 0 Å². The lowest BCUT2D eigenvalue weighted by Crippen LogP contribution is -2.30. The summed E-state index contributed by atoms with van der Waals surface area (Å²) < 4.78 is 61.4. The van der Waals surface area contributed by atoms with Crippen LogP contribution >= 0.6 is 15.6 Å². The number of allylic oxidation sites excluding steroid dienone is 30. The van der Waals surface area contributed by atoms with E-state index in [0.29, 0.717) is 19.3 Å². The van der Waals surface area contributed by atoms with Crippen molar-refractivity contribution < 1.29 is 75.8 Å². The summed E-state index contributed by atoms with van der Waals surface area (Å²) in [5.74, 6) is -1.61. The van der Waals surface area contributed by atoms with E-state index in [1.165, 1.54) is 103 Å². The summed E-state index contributed by atoms with van der Waals surface area (Å²) in [5, 5.41) is 20.7. The topological polar surface area (TPSA) is 231 Å². The normalized spacial score (nSPS) is 14.7. The fraction of sp³-hybridized carbons (Fsp3) is 0.660. The van der Waals surface area contributed by atoms with Gasteiger partial charge in [-0.3, -0.25) is 32.5 Å². The average molecular weight is 1650 g/mol. The molecule has 0 heterocycles. The highest BCUT2D eigenvalue weighted by molar-refractivity contribution is 7.47.